The van der Waals surface area contributed by atoms with Crippen LogP contribution in [-0.2, 0) is 0 Å². The van der Waals surface area contributed by atoms with Crippen LogP contribution in [0, 0.1) is 5.41 Å². The summed E-state index contributed by atoms with van der Waals surface area (Å²) in [6.07, 6.45) is 4.44. The number of hydrogen-bond acceptors (Lipinski definition) is 4. The summed E-state index contributed by atoms with van der Waals surface area (Å²) in [4.78, 5) is 14.5. The van der Waals surface area contributed by atoms with Crippen molar-refractivity contribution >= 4 is 5.91 Å². The lowest BCUT2D eigenvalue weighted by atomic mass is 9.74. The number of hydrogen-bond donors (Lipinski definition) is 3. The lowest BCUT2D eigenvalue weighted by Gasteiger charge is -2.45. The second-order valence-corrected chi connectivity index (χ2v) is 6.31. The third-order valence-corrected chi connectivity index (χ3v) is 4.72. The van der Waals surface area contributed by atoms with Crippen LogP contribution in [0.25, 0.3) is 0 Å². The highest BCUT2D eigenvalue weighted by Gasteiger charge is 2.38. The molecule has 2 aliphatic rings. The lowest BCUT2D eigenvalue weighted by molar-refractivity contribution is 0.0431. The summed E-state index contributed by atoms with van der Waals surface area (Å²) in [7, 11) is 0. The lowest BCUT2D eigenvalue weighted by Crippen LogP contribution is -2.52. The molecule has 1 atom stereocenters. The van der Waals surface area contributed by atoms with Gasteiger partial charge in [0.05, 0.1) is 5.56 Å². The first-order chi connectivity index (χ1) is 10.1. The predicted molar refractivity (Wildman–Crippen MR) is 79.4 cm³/mol. The van der Waals surface area contributed by atoms with E-state index in [9.17, 15) is 15.0 Å². The summed E-state index contributed by atoms with van der Waals surface area (Å²) in [6.45, 7) is 3.47. The molecule has 1 aromatic rings. The molecule has 0 aromatic heterocycles. The number of carbonyl (C=O) groups excluding carboxylic acids is 1. The first-order valence-electron chi connectivity index (χ1n) is 7.62. The van der Waals surface area contributed by atoms with Gasteiger partial charge in [0.15, 0.2) is 0 Å². The molecule has 2 saturated heterocycles. The van der Waals surface area contributed by atoms with E-state index in [1.165, 1.54) is 18.2 Å². The van der Waals surface area contributed by atoms with Gasteiger partial charge >= 0.3 is 0 Å². The highest BCUT2D eigenvalue weighted by Crippen LogP contribution is 2.37. The van der Waals surface area contributed by atoms with Gasteiger partial charge in [0, 0.05) is 25.0 Å². The maximum atomic E-state index is 12.6. The molecule has 1 spiro atoms. The summed E-state index contributed by atoms with van der Waals surface area (Å²) >= 11 is 0. The van der Waals surface area contributed by atoms with Crippen LogP contribution in [0.4, 0.5) is 0 Å². The fourth-order valence-corrected chi connectivity index (χ4v) is 3.63. The van der Waals surface area contributed by atoms with Crippen molar-refractivity contribution in [2.24, 2.45) is 5.41 Å². The molecule has 0 saturated carbocycles. The molecular weight excluding hydrogens is 268 g/mol. The van der Waals surface area contributed by atoms with Crippen molar-refractivity contribution in [2.75, 3.05) is 26.2 Å². The van der Waals surface area contributed by atoms with E-state index in [1.807, 2.05) is 4.90 Å². The molecule has 0 bridgehead atoms. The van der Waals surface area contributed by atoms with Crippen LogP contribution in [0.15, 0.2) is 18.2 Å². The van der Waals surface area contributed by atoms with Crippen molar-refractivity contribution in [1.82, 2.24) is 10.2 Å². The van der Waals surface area contributed by atoms with Gasteiger partial charge < -0.3 is 20.4 Å². The van der Waals surface area contributed by atoms with Crippen LogP contribution in [-0.4, -0.2) is 47.2 Å². The number of amides is 1. The van der Waals surface area contributed by atoms with Gasteiger partial charge in [-0.3, -0.25) is 4.79 Å². The van der Waals surface area contributed by atoms with E-state index in [2.05, 4.69) is 5.32 Å². The Hall–Kier alpha value is -1.75. The zero-order valence-electron chi connectivity index (χ0n) is 12.1. The third-order valence-electron chi connectivity index (χ3n) is 4.72. The highest BCUT2D eigenvalue weighted by molar-refractivity contribution is 5.97. The second kappa shape index (κ2) is 5.56. The smallest absolute Gasteiger partial charge is 0.257 e. The van der Waals surface area contributed by atoms with Crippen LogP contribution in [0.3, 0.4) is 0 Å². The standard InChI is InChI=1S/C16H22N2O3/c19-12-3-4-14(20)13(9-12)15(21)18-8-2-6-16(11-18)5-1-7-17-10-16/h3-4,9,17,19-20H,1-2,5-8,10-11H2. The van der Waals surface area contributed by atoms with Gasteiger partial charge in [-0.25, -0.2) is 0 Å². The maximum absolute atomic E-state index is 12.6. The Morgan fingerprint density at radius 2 is 2.05 bits per heavy atom. The van der Waals surface area contributed by atoms with E-state index in [0.717, 1.165) is 51.9 Å². The first kappa shape index (κ1) is 14.2. The molecule has 0 radical (unpaired) electrons. The summed E-state index contributed by atoms with van der Waals surface area (Å²) in [5, 5.41) is 22.8. The topological polar surface area (TPSA) is 72.8 Å². The summed E-state index contributed by atoms with van der Waals surface area (Å²) in [5.74, 6) is -0.255. The van der Waals surface area contributed by atoms with E-state index < -0.39 is 0 Å². The molecule has 1 aromatic carbocycles. The minimum absolute atomic E-state index is 0.00204. The van der Waals surface area contributed by atoms with Crippen LogP contribution < -0.4 is 5.32 Å². The fraction of sp³-hybridized carbons (Fsp3) is 0.562. The van der Waals surface area contributed by atoms with E-state index in [-0.39, 0.29) is 28.4 Å². The monoisotopic (exact) mass is 290 g/mol. The van der Waals surface area contributed by atoms with Crippen LogP contribution in [0.5, 0.6) is 11.5 Å². The van der Waals surface area contributed by atoms with Gasteiger partial charge in [-0.2, -0.15) is 0 Å². The number of piperidine rings is 2. The zero-order chi connectivity index (χ0) is 14.9. The first-order valence-corrected chi connectivity index (χ1v) is 7.62. The highest BCUT2D eigenvalue weighted by atomic mass is 16.3. The van der Waals surface area contributed by atoms with Crippen molar-refractivity contribution < 1.29 is 15.0 Å². The molecule has 114 valence electrons. The Morgan fingerprint density at radius 1 is 1.24 bits per heavy atom. The Bertz CT molecular complexity index is 533. The fourth-order valence-electron chi connectivity index (χ4n) is 3.63. The molecule has 2 aliphatic heterocycles. The summed E-state index contributed by atoms with van der Waals surface area (Å²) < 4.78 is 0. The number of phenols is 2. The maximum Gasteiger partial charge on any atom is 0.257 e. The van der Waals surface area contributed by atoms with Gasteiger partial charge in [-0.15, -0.1) is 0 Å². The number of benzene rings is 1. The zero-order valence-corrected chi connectivity index (χ0v) is 12.1. The minimum atomic E-state index is -0.187. The van der Waals surface area contributed by atoms with Crippen molar-refractivity contribution in [3.05, 3.63) is 23.8 Å². The predicted octanol–water partition coefficient (Wildman–Crippen LogP) is 1.70. The molecule has 3 rings (SSSR count). The molecule has 1 amide bonds. The molecule has 2 fully saturated rings. The van der Waals surface area contributed by atoms with E-state index >= 15 is 0 Å². The van der Waals surface area contributed by atoms with E-state index in [0.29, 0.717) is 0 Å². The van der Waals surface area contributed by atoms with Gasteiger partial charge in [0.25, 0.3) is 5.91 Å². The van der Waals surface area contributed by atoms with Crippen molar-refractivity contribution in [2.45, 2.75) is 25.7 Å². The molecule has 5 nitrogen and oxygen atoms in total. The molecule has 3 N–H and O–H groups in total. The molecule has 5 heteroatoms. The SMILES string of the molecule is O=C(c1cc(O)ccc1O)N1CCCC2(CCCNC2)C1. The molecule has 21 heavy (non-hydrogen) atoms. The number of phenolic OH excluding ortho intramolecular Hbond substituents is 2. The quantitative estimate of drug-likeness (QED) is 0.688. The normalized spacial score (nSPS) is 26.0. The van der Waals surface area contributed by atoms with Gasteiger partial charge in [0.1, 0.15) is 11.5 Å². The molecule has 1 unspecified atom stereocenters. The second-order valence-electron chi connectivity index (χ2n) is 6.31. The average molecular weight is 290 g/mol. The van der Waals surface area contributed by atoms with Gasteiger partial charge in [0.2, 0.25) is 0 Å². The Labute approximate surface area is 124 Å². The van der Waals surface area contributed by atoms with Crippen LogP contribution in [0.2, 0.25) is 0 Å². The molecule has 0 aliphatic carbocycles. The average Bonchev–Trinajstić information content (AvgIpc) is 2.50. The number of nitrogens with zero attached hydrogens (tertiary/aromatic N) is 1. The van der Waals surface area contributed by atoms with Gasteiger partial charge in [-0.1, -0.05) is 0 Å². The third kappa shape index (κ3) is 2.83. The van der Waals surface area contributed by atoms with Crippen molar-refractivity contribution in [3.63, 3.8) is 0 Å². The number of nitrogens with one attached hydrogen (secondary N) is 1. The van der Waals surface area contributed by atoms with Gasteiger partial charge in [-0.05, 0) is 50.4 Å². The number of carbonyl (C=O) groups is 1. The van der Waals surface area contributed by atoms with Crippen LogP contribution >= 0.6 is 0 Å². The summed E-state index contributed by atoms with van der Waals surface area (Å²) in [6, 6.07) is 4.09. The largest absolute Gasteiger partial charge is 0.508 e. The number of likely N-dealkylation sites (tertiary alicyclic amines) is 1. The molecule has 2 heterocycles. The number of rotatable bonds is 1. The Morgan fingerprint density at radius 3 is 2.81 bits per heavy atom. The van der Waals surface area contributed by atoms with E-state index in [1.54, 1.807) is 0 Å². The van der Waals surface area contributed by atoms with Crippen molar-refractivity contribution in [1.29, 1.82) is 0 Å². The Kier molecular flexibility index (Phi) is 3.76. The molecular formula is C16H22N2O3. The summed E-state index contributed by atoms with van der Waals surface area (Å²) in [5.41, 5.74) is 0.370. The van der Waals surface area contributed by atoms with Crippen LogP contribution in [0.1, 0.15) is 36.0 Å². The van der Waals surface area contributed by atoms with Crippen molar-refractivity contribution in [3.8, 4) is 11.5 Å². The Balaban J connectivity index is 1.79. The van der Waals surface area contributed by atoms with E-state index in [4.69, 9.17) is 0 Å². The number of aromatic hydroxyl groups is 2. The minimum Gasteiger partial charge on any atom is -0.508 e.